The Bertz CT molecular complexity index is 379. The van der Waals surface area contributed by atoms with Gasteiger partial charge in [-0.3, -0.25) is 4.57 Å². The fraction of sp³-hybridized carbons (Fsp3) is 0.875. The lowest BCUT2D eigenvalue weighted by Crippen LogP contribution is -1.92. The lowest BCUT2D eigenvalue weighted by Gasteiger charge is -2.10. The molecule has 0 aliphatic heterocycles. The second-order valence-electron chi connectivity index (χ2n) is 6.01. The molecular formula is C16H34O6P2. The van der Waals surface area contributed by atoms with E-state index in [0.29, 0.717) is 6.42 Å². The average molecular weight is 384 g/mol. The molecule has 0 amide bonds. The third-order valence-electron chi connectivity index (χ3n) is 3.79. The summed E-state index contributed by atoms with van der Waals surface area (Å²) >= 11 is 0. The molecule has 1 fully saturated rings. The first-order chi connectivity index (χ1) is 11.5. The molecular weight excluding hydrogens is 350 g/mol. The van der Waals surface area contributed by atoms with Gasteiger partial charge >= 0.3 is 16.5 Å². The first-order valence-corrected chi connectivity index (χ1v) is 11.5. The fourth-order valence-corrected chi connectivity index (χ4v) is 3.64. The van der Waals surface area contributed by atoms with Gasteiger partial charge in [0.2, 0.25) is 0 Å². The van der Waals surface area contributed by atoms with Crippen molar-refractivity contribution in [1.29, 1.82) is 0 Å². The normalized spacial score (nSPS) is 18.0. The number of unbranched alkanes of at least 4 members (excludes halogenated alkanes) is 4. The van der Waals surface area contributed by atoms with Crippen LogP contribution in [-0.4, -0.2) is 10.00 Å². The molecule has 2 unspecified atom stereocenters. The van der Waals surface area contributed by atoms with Crippen LogP contribution in [0.2, 0.25) is 0 Å². The van der Waals surface area contributed by atoms with E-state index in [2.05, 4.69) is 11.2 Å². The molecule has 8 heteroatoms. The van der Waals surface area contributed by atoms with Gasteiger partial charge in [-0.2, -0.15) is 0 Å². The summed E-state index contributed by atoms with van der Waals surface area (Å²) in [7, 11) is -6.35. The molecule has 0 saturated heterocycles. The highest BCUT2D eigenvalue weighted by atomic mass is 31.2. The van der Waals surface area contributed by atoms with Gasteiger partial charge in [0.25, 0.3) is 0 Å². The van der Waals surface area contributed by atoms with Crippen LogP contribution < -0.4 is 0 Å². The zero-order chi connectivity index (χ0) is 18.2. The van der Waals surface area contributed by atoms with Crippen LogP contribution in [0.5, 0.6) is 0 Å². The zero-order valence-corrected chi connectivity index (χ0v) is 17.0. The third-order valence-corrected chi connectivity index (χ3v) is 5.57. The van der Waals surface area contributed by atoms with Crippen LogP contribution in [0.15, 0.2) is 11.5 Å². The van der Waals surface area contributed by atoms with Crippen molar-refractivity contribution in [1.82, 2.24) is 0 Å². The fourth-order valence-electron chi connectivity index (χ4n) is 2.45. The van der Waals surface area contributed by atoms with Crippen LogP contribution in [0.3, 0.4) is 0 Å². The van der Waals surface area contributed by atoms with Gasteiger partial charge in [0.15, 0.2) is 0 Å². The smallest absolute Gasteiger partial charge is 0.374 e. The maximum Gasteiger partial charge on any atom is 0.374 e. The summed E-state index contributed by atoms with van der Waals surface area (Å²) in [6.45, 7) is 3.53. The topological polar surface area (TPSA) is 93.1 Å². The quantitative estimate of drug-likeness (QED) is 0.261. The molecule has 2 atom stereocenters. The number of hydrogen-bond acceptors (Lipinski definition) is 5. The van der Waals surface area contributed by atoms with Gasteiger partial charge in [0.05, 0.1) is 0 Å². The maximum atomic E-state index is 11.2. The number of hydrogen-bond donors (Lipinski definition) is 2. The average Bonchev–Trinajstić information content (AvgIpc) is 2.55. The van der Waals surface area contributed by atoms with Crippen molar-refractivity contribution in [3.05, 3.63) is 11.5 Å². The summed E-state index contributed by atoms with van der Waals surface area (Å²) in [5.41, 5.74) is 0. The van der Waals surface area contributed by atoms with Crippen molar-refractivity contribution >= 4 is 16.5 Å². The van der Waals surface area contributed by atoms with Crippen LogP contribution in [0.4, 0.5) is 0 Å². The lowest BCUT2D eigenvalue weighted by molar-refractivity contribution is 0.294. The molecule has 0 radical (unpaired) electrons. The minimum Gasteiger partial charge on any atom is -0.509 e. The number of aliphatic hydroxyl groups excluding tert-OH is 1. The summed E-state index contributed by atoms with van der Waals surface area (Å²) in [6.07, 6.45) is 14.6. The molecule has 0 aromatic carbocycles. The predicted molar refractivity (Wildman–Crippen MR) is 98.8 cm³/mol. The van der Waals surface area contributed by atoms with Crippen LogP contribution in [0, 0.1) is 0 Å². The zero-order valence-electron chi connectivity index (χ0n) is 15.0. The second-order valence-corrected chi connectivity index (χ2v) is 8.07. The Hall–Kier alpha value is -0.280. The maximum absolute atomic E-state index is 11.2. The van der Waals surface area contributed by atoms with E-state index in [1.807, 2.05) is 0 Å². The predicted octanol–water partition coefficient (Wildman–Crippen LogP) is 6.28. The summed E-state index contributed by atoms with van der Waals surface area (Å²) in [5, 5.41) is 9.34. The van der Waals surface area contributed by atoms with Crippen molar-refractivity contribution in [3.8, 4) is 0 Å². The van der Waals surface area contributed by atoms with Crippen molar-refractivity contribution in [2.45, 2.75) is 90.9 Å². The van der Waals surface area contributed by atoms with E-state index in [-0.39, 0.29) is 11.5 Å². The van der Waals surface area contributed by atoms with E-state index in [0.717, 1.165) is 32.1 Å². The lowest BCUT2D eigenvalue weighted by atomic mass is 10.0. The van der Waals surface area contributed by atoms with E-state index < -0.39 is 16.5 Å². The van der Waals surface area contributed by atoms with Crippen molar-refractivity contribution < 1.29 is 28.0 Å². The highest BCUT2D eigenvalue weighted by Gasteiger charge is 2.10. The Balaban J connectivity index is 0.000000728. The molecule has 0 bridgehead atoms. The van der Waals surface area contributed by atoms with E-state index in [4.69, 9.17) is 9.42 Å². The summed E-state index contributed by atoms with van der Waals surface area (Å²) in [4.78, 5) is 8.44. The Morgan fingerprint density at radius 3 is 1.88 bits per heavy atom. The minimum atomic E-state index is -3.28. The third kappa shape index (κ3) is 15.3. The van der Waals surface area contributed by atoms with Crippen molar-refractivity contribution in [2.24, 2.45) is 0 Å². The van der Waals surface area contributed by atoms with Gasteiger partial charge in [0.1, 0.15) is 11.5 Å². The van der Waals surface area contributed by atoms with Crippen LogP contribution in [0.25, 0.3) is 0 Å². The molecule has 144 valence electrons. The molecule has 0 aromatic rings. The molecule has 1 aliphatic rings. The van der Waals surface area contributed by atoms with Crippen molar-refractivity contribution in [3.63, 3.8) is 0 Å². The second kappa shape index (κ2) is 16.2. The van der Waals surface area contributed by atoms with Crippen LogP contribution in [0.1, 0.15) is 90.9 Å². The van der Waals surface area contributed by atoms with Crippen LogP contribution in [-0.2, 0) is 18.0 Å². The molecule has 6 nitrogen and oxygen atoms in total. The SMILES string of the molecule is C1CCCCC1.CCCCCCCC(O[PH](=O)O[PH](=O)O)=C(C)O. The molecule has 1 saturated carbocycles. The largest absolute Gasteiger partial charge is 0.509 e. The van der Waals surface area contributed by atoms with Gasteiger partial charge in [-0.1, -0.05) is 71.1 Å². The van der Waals surface area contributed by atoms with Gasteiger partial charge < -0.3 is 14.5 Å². The van der Waals surface area contributed by atoms with Gasteiger partial charge in [-0.15, -0.1) is 0 Å². The first kappa shape index (κ1) is 23.7. The summed E-state index contributed by atoms with van der Waals surface area (Å²) in [5.74, 6) is 0.0867. The van der Waals surface area contributed by atoms with Gasteiger partial charge in [-0.25, -0.2) is 8.88 Å². The number of aliphatic hydroxyl groups is 1. The molecule has 1 aliphatic carbocycles. The molecule has 0 heterocycles. The van der Waals surface area contributed by atoms with Gasteiger partial charge in [0, 0.05) is 6.42 Å². The summed E-state index contributed by atoms with van der Waals surface area (Å²) in [6, 6.07) is 0. The highest BCUT2D eigenvalue weighted by molar-refractivity contribution is 7.47. The van der Waals surface area contributed by atoms with E-state index in [9.17, 15) is 14.2 Å². The Morgan fingerprint density at radius 2 is 1.46 bits per heavy atom. The van der Waals surface area contributed by atoms with E-state index in [1.54, 1.807) is 0 Å². The Labute approximate surface area is 147 Å². The van der Waals surface area contributed by atoms with Gasteiger partial charge in [-0.05, 0) is 13.3 Å². The number of allylic oxidation sites excluding steroid dienone is 2. The molecule has 24 heavy (non-hydrogen) atoms. The molecule has 2 N–H and O–H groups in total. The minimum absolute atomic E-state index is 0.0787. The first-order valence-electron chi connectivity index (χ1n) is 8.98. The summed E-state index contributed by atoms with van der Waals surface area (Å²) < 4.78 is 30.5. The Kier molecular flexibility index (Phi) is 16.0. The molecule has 0 aromatic heterocycles. The Morgan fingerprint density at radius 1 is 0.958 bits per heavy atom. The molecule has 0 spiro atoms. The van der Waals surface area contributed by atoms with E-state index in [1.165, 1.54) is 45.4 Å². The standard InChI is InChI=1S/C10H22O6P2.C6H12/c1-3-4-5-6-7-8-10(9(2)11)15-18(14)16-17(12)13;1-2-4-6-5-3-1/h11,17-18H,3-8H2,1-2H3,(H,12,13);1-6H2. The van der Waals surface area contributed by atoms with Crippen LogP contribution >= 0.6 is 16.5 Å². The van der Waals surface area contributed by atoms with Crippen molar-refractivity contribution in [2.75, 3.05) is 0 Å². The highest BCUT2D eigenvalue weighted by Crippen LogP contribution is 2.39. The monoisotopic (exact) mass is 384 g/mol. The van der Waals surface area contributed by atoms with E-state index >= 15 is 0 Å². The number of rotatable bonds is 10. The molecule has 1 rings (SSSR count).